The highest BCUT2D eigenvalue weighted by Crippen LogP contribution is 2.36. The summed E-state index contributed by atoms with van der Waals surface area (Å²) in [6.45, 7) is 8.59. The Balaban J connectivity index is 1.74. The van der Waals surface area contributed by atoms with Gasteiger partial charge >= 0.3 is 13.1 Å². The zero-order chi connectivity index (χ0) is 19.1. The lowest BCUT2D eigenvalue weighted by Gasteiger charge is -2.32. The van der Waals surface area contributed by atoms with Crippen LogP contribution in [0.15, 0.2) is 24.3 Å². The van der Waals surface area contributed by atoms with Gasteiger partial charge < -0.3 is 18.9 Å². The second-order valence-electron chi connectivity index (χ2n) is 7.89. The maximum atomic E-state index is 12.8. The van der Waals surface area contributed by atoms with E-state index in [2.05, 4.69) is 0 Å². The summed E-state index contributed by atoms with van der Waals surface area (Å²) in [5.41, 5.74) is 0.595. The molecule has 6 nitrogen and oxygen atoms in total. The number of rotatable bonds is 3. The molecule has 1 aromatic rings. The number of amides is 1. The quantitative estimate of drug-likeness (QED) is 0.608. The summed E-state index contributed by atoms with van der Waals surface area (Å²) in [7, 11) is 0.890. The number of carbonyl (C=O) groups excluding carboxylic acids is 2. The first-order chi connectivity index (χ1) is 12.2. The summed E-state index contributed by atoms with van der Waals surface area (Å²) in [6, 6.07) is 6.72. The molecule has 0 spiro atoms. The van der Waals surface area contributed by atoms with Crippen molar-refractivity contribution in [1.29, 1.82) is 0 Å². The standard InChI is InChI=1S/C19H26BNO5/c1-18(2)19(3,4)26-20(25-18)14-10-8-13(9-11-14)16(22)21-12-6-7-15(21)17(23)24-5/h8-11,15H,6-7,12H2,1-5H3/t15-/m0/s1. The van der Waals surface area contributed by atoms with Crippen LogP contribution >= 0.6 is 0 Å². The number of hydrogen-bond donors (Lipinski definition) is 0. The van der Waals surface area contributed by atoms with Gasteiger partial charge in [0.2, 0.25) is 0 Å². The molecule has 1 aromatic carbocycles. The summed E-state index contributed by atoms with van der Waals surface area (Å²) in [4.78, 5) is 26.2. The molecule has 0 saturated carbocycles. The third kappa shape index (κ3) is 3.26. The molecule has 0 aromatic heterocycles. The van der Waals surface area contributed by atoms with Crippen molar-refractivity contribution in [3.8, 4) is 0 Å². The predicted octanol–water partition coefficient (Wildman–Crippen LogP) is 1.76. The Hall–Kier alpha value is -1.86. The van der Waals surface area contributed by atoms with E-state index < -0.39 is 24.4 Å². The monoisotopic (exact) mass is 359 g/mol. The van der Waals surface area contributed by atoms with Gasteiger partial charge in [0.05, 0.1) is 18.3 Å². The lowest BCUT2D eigenvalue weighted by Crippen LogP contribution is -2.41. The van der Waals surface area contributed by atoms with E-state index in [0.29, 0.717) is 18.5 Å². The van der Waals surface area contributed by atoms with Crippen LogP contribution in [-0.2, 0) is 18.8 Å². The molecule has 2 aliphatic rings. The highest BCUT2D eigenvalue weighted by molar-refractivity contribution is 6.62. The minimum atomic E-state index is -0.490. The average molecular weight is 359 g/mol. The number of likely N-dealkylation sites (tertiary alicyclic amines) is 1. The summed E-state index contributed by atoms with van der Waals surface area (Å²) in [5.74, 6) is -0.511. The van der Waals surface area contributed by atoms with Crippen LogP contribution in [0, 0.1) is 0 Å². The van der Waals surface area contributed by atoms with Crippen LogP contribution in [0.3, 0.4) is 0 Å². The fourth-order valence-corrected chi connectivity index (χ4v) is 3.32. The largest absolute Gasteiger partial charge is 0.494 e. The third-order valence-electron chi connectivity index (χ3n) is 5.67. The predicted molar refractivity (Wildman–Crippen MR) is 98.2 cm³/mol. The fourth-order valence-electron chi connectivity index (χ4n) is 3.32. The van der Waals surface area contributed by atoms with E-state index in [1.54, 1.807) is 17.0 Å². The number of esters is 1. The summed E-state index contributed by atoms with van der Waals surface area (Å²) >= 11 is 0. The van der Waals surface area contributed by atoms with Crippen LogP contribution in [0.1, 0.15) is 50.9 Å². The molecule has 1 amide bonds. The molecule has 2 aliphatic heterocycles. The highest BCUT2D eigenvalue weighted by atomic mass is 16.7. The highest BCUT2D eigenvalue weighted by Gasteiger charge is 2.51. The van der Waals surface area contributed by atoms with Crippen molar-refractivity contribution in [3.63, 3.8) is 0 Å². The summed E-state index contributed by atoms with van der Waals surface area (Å²) in [6.07, 6.45) is 1.45. The van der Waals surface area contributed by atoms with Crippen LogP contribution in [0.5, 0.6) is 0 Å². The normalized spacial score (nSPS) is 24.0. The number of ether oxygens (including phenoxy) is 1. The Kier molecular flexibility index (Phi) is 4.88. The molecule has 3 rings (SSSR count). The number of hydrogen-bond acceptors (Lipinski definition) is 5. The fraction of sp³-hybridized carbons (Fsp3) is 0.579. The number of benzene rings is 1. The van der Waals surface area contributed by atoms with Crippen molar-refractivity contribution in [3.05, 3.63) is 29.8 Å². The average Bonchev–Trinajstić information content (AvgIpc) is 3.16. The second-order valence-corrected chi connectivity index (χ2v) is 7.89. The molecule has 0 bridgehead atoms. The third-order valence-corrected chi connectivity index (χ3v) is 5.67. The molecule has 2 heterocycles. The van der Waals surface area contributed by atoms with Crippen molar-refractivity contribution in [2.75, 3.05) is 13.7 Å². The Morgan fingerprint density at radius 2 is 1.69 bits per heavy atom. The Bertz CT molecular complexity index is 684. The minimum absolute atomic E-state index is 0.154. The molecule has 2 saturated heterocycles. The topological polar surface area (TPSA) is 65.1 Å². The lowest BCUT2D eigenvalue weighted by atomic mass is 9.79. The van der Waals surface area contributed by atoms with Gasteiger partial charge in [-0.05, 0) is 58.1 Å². The molecule has 7 heteroatoms. The number of nitrogens with zero attached hydrogens (tertiary/aromatic N) is 1. The van der Waals surface area contributed by atoms with Gasteiger partial charge in [-0.3, -0.25) is 4.79 Å². The van der Waals surface area contributed by atoms with Crippen molar-refractivity contribution in [2.45, 2.75) is 57.8 Å². The molecule has 140 valence electrons. The van der Waals surface area contributed by atoms with Crippen LogP contribution in [-0.4, -0.2) is 54.8 Å². The summed E-state index contributed by atoms with van der Waals surface area (Å²) < 4.78 is 16.9. The van der Waals surface area contributed by atoms with Crippen LogP contribution in [0.2, 0.25) is 0 Å². The van der Waals surface area contributed by atoms with Crippen LogP contribution in [0.25, 0.3) is 0 Å². The van der Waals surface area contributed by atoms with Crippen molar-refractivity contribution >= 4 is 24.5 Å². The van der Waals surface area contributed by atoms with E-state index in [1.807, 2.05) is 39.8 Å². The van der Waals surface area contributed by atoms with E-state index in [1.165, 1.54) is 7.11 Å². The van der Waals surface area contributed by atoms with Gasteiger partial charge in [0.25, 0.3) is 5.91 Å². The first-order valence-electron chi connectivity index (χ1n) is 9.01. The first kappa shape index (κ1) is 18.9. The Morgan fingerprint density at radius 1 is 1.12 bits per heavy atom. The van der Waals surface area contributed by atoms with E-state index in [4.69, 9.17) is 14.0 Å². The Morgan fingerprint density at radius 3 is 2.23 bits per heavy atom. The molecular formula is C19H26BNO5. The van der Waals surface area contributed by atoms with Gasteiger partial charge in [0.15, 0.2) is 0 Å². The maximum Gasteiger partial charge on any atom is 0.494 e. The number of carbonyl (C=O) groups is 2. The van der Waals surface area contributed by atoms with Crippen molar-refractivity contribution in [2.24, 2.45) is 0 Å². The van der Waals surface area contributed by atoms with Gasteiger partial charge in [-0.1, -0.05) is 12.1 Å². The molecule has 1 atom stereocenters. The van der Waals surface area contributed by atoms with Crippen molar-refractivity contribution in [1.82, 2.24) is 4.90 Å². The molecule has 0 aliphatic carbocycles. The van der Waals surface area contributed by atoms with Crippen molar-refractivity contribution < 1.29 is 23.6 Å². The molecule has 26 heavy (non-hydrogen) atoms. The summed E-state index contributed by atoms with van der Waals surface area (Å²) in [5, 5.41) is 0. The molecule has 0 radical (unpaired) electrons. The minimum Gasteiger partial charge on any atom is -0.467 e. The van der Waals surface area contributed by atoms with Gasteiger partial charge in [-0.2, -0.15) is 0 Å². The smallest absolute Gasteiger partial charge is 0.467 e. The van der Waals surface area contributed by atoms with E-state index in [0.717, 1.165) is 11.9 Å². The Labute approximate surface area is 154 Å². The van der Waals surface area contributed by atoms with Gasteiger partial charge in [-0.25, -0.2) is 4.79 Å². The molecule has 2 fully saturated rings. The second kappa shape index (κ2) is 6.70. The molecule has 0 unspecified atom stereocenters. The van der Waals surface area contributed by atoms with Crippen LogP contribution < -0.4 is 5.46 Å². The van der Waals surface area contributed by atoms with E-state index >= 15 is 0 Å². The van der Waals surface area contributed by atoms with Gasteiger partial charge in [0.1, 0.15) is 6.04 Å². The molecular weight excluding hydrogens is 333 g/mol. The van der Waals surface area contributed by atoms with Gasteiger partial charge in [0, 0.05) is 12.1 Å². The maximum absolute atomic E-state index is 12.8. The van der Waals surface area contributed by atoms with E-state index in [-0.39, 0.29) is 11.9 Å². The van der Waals surface area contributed by atoms with Crippen LogP contribution in [0.4, 0.5) is 0 Å². The first-order valence-corrected chi connectivity index (χ1v) is 9.01. The zero-order valence-corrected chi connectivity index (χ0v) is 16.1. The van der Waals surface area contributed by atoms with E-state index in [9.17, 15) is 9.59 Å². The SMILES string of the molecule is COC(=O)[C@@H]1CCCN1C(=O)c1ccc(B2OC(C)(C)C(C)(C)O2)cc1. The zero-order valence-electron chi connectivity index (χ0n) is 16.1. The molecule has 0 N–H and O–H groups in total. The number of methoxy groups -OCH3 is 1. The lowest BCUT2D eigenvalue weighted by molar-refractivity contribution is -0.145. The van der Waals surface area contributed by atoms with Gasteiger partial charge in [-0.15, -0.1) is 0 Å².